The minimum absolute atomic E-state index is 0.106. The summed E-state index contributed by atoms with van der Waals surface area (Å²) in [5, 5.41) is 13.5. The fourth-order valence-electron chi connectivity index (χ4n) is 4.27. The van der Waals surface area contributed by atoms with Gasteiger partial charge in [0.15, 0.2) is 0 Å². The highest BCUT2D eigenvalue weighted by molar-refractivity contribution is 6.38. The first-order valence-electron chi connectivity index (χ1n) is 11.2. The molecule has 6 heteroatoms. The van der Waals surface area contributed by atoms with Crippen LogP contribution in [0, 0.1) is 11.3 Å². The molecule has 0 saturated carbocycles. The maximum atomic E-state index is 13.6. The Morgan fingerprint density at radius 3 is 2.21 bits per heavy atom. The topological polar surface area (TPSA) is 73.2 Å². The van der Waals surface area contributed by atoms with Gasteiger partial charge in [0, 0.05) is 16.3 Å². The highest BCUT2D eigenvalue weighted by atomic mass is 35.5. The van der Waals surface area contributed by atoms with Gasteiger partial charge in [0.05, 0.1) is 17.8 Å². The van der Waals surface area contributed by atoms with Crippen molar-refractivity contribution >= 4 is 40.4 Å². The average Bonchev–Trinajstić information content (AvgIpc) is 3.12. The van der Waals surface area contributed by atoms with Crippen molar-refractivity contribution in [2.45, 2.75) is 33.2 Å². The van der Waals surface area contributed by atoms with Crippen LogP contribution in [0.25, 0.3) is 5.57 Å². The van der Waals surface area contributed by atoms with E-state index in [0.29, 0.717) is 22.0 Å². The average molecular weight is 470 g/mol. The molecule has 0 aromatic heterocycles. The van der Waals surface area contributed by atoms with Crippen LogP contribution in [-0.4, -0.2) is 11.8 Å². The second kappa shape index (κ2) is 9.94. The summed E-state index contributed by atoms with van der Waals surface area (Å²) in [7, 11) is 0. The summed E-state index contributed by atoms with van der Waals surface area (Å²) < 4.78 is 0. The second-order valence-electron chi connectivity index (χ2n) is 7.97. The quantitative estimate of drug-likeness (QED) is 0.359. The maximum absolute atomic E-state index is 13.6. The van der Waals surface area contributed by atoms with Gasteiger partial charge in [-0.3, -0.25) is 9.59 Å². The largest absolute Gasteiger partial charge is 0.321 e. The molecule has 0 aliphatic carbocycles. The Labute approximate surface area is 204 Å². The first-order chi connectivity index (χ1) is 16.5. The molecule has 0 fully saturated rings. The predicted octanol–water partition coefficient (Wildman–Crippen LogP) is 5.93. The minimum Gasteiger partial charge on any atom is -0.321 e. The summed E-state index contributed by atoms with van der Waals surface area (Å²) in [4.78, 5) is 28.5. The summed E-state index contributed by atoms with van der Waals surface area (Å²) >= 11 is 6.34. The lowest BCUT2D eigenvalue weighted by Crippen LogP contribution is -2.27. The van der Waals surface area contributed by atoms with Crippen LogP contribution in [0.15, 0.2) is 72.3 Å². The molecule has 1 aliphatic heterocycles. The SMILES string of the molecule is CCc1cccc(CC)c1NC(=O)C(C#N)=C1C(=O)N(Cc2ccccc2Cl)c2ccccc21. The molecule has 3 aromatic rings. The zero-order chi connectivity index (χ0) is 24.2. The lowest BCUT2D eigenvalue weighted by molar-refractivity contribution is -0.114. The molecular formula is C28H24ClN3O2. The molecule has 1 aliphatic rings. The minimum atomic E-state index is -0.587. The van der Waals surface area contributed by atoms with Crippen molar-refractivity contribution in [3.63, 3.8) is 0 Å². The first kappa shape index (κ1) is 23.3. The molecule has 5 nitrogen and oxygen atoms in total. The number of hydrogen-bond acceptors (Lipinski definition) is 3. The third kappa shape index (κ3) is 4.21. The lowest BCUT2D eigenvalue weighted by atomic mass is 9.99. The van der Waals surface area contributed by atoms with E-state index >= 15 is 0 Å². The van der Waals surface area contributed by atoms with E-state index in [1.54, 1.807) is 23.1 Å². The predicted molar refractivity (Wildman–Crippen MR) is 135 cm³/mol. The van der Waals surface area contributed by atoms with Gasteiger partial charge in [0.25, 0.3) is 11.8 Å². The van der Waals surface area contributed by atoms with Crippen molar-refractivity contribution in [3.05, 3.63) is 99.6 Å². The van der Waals surface area contributed by atoms with E-state index in [1.165, 1.54) is 0 Å². The van der Waals surface area contributed by atoms with Gasteiger partial charge in [-0.1, -0.05) is 80.0 Å². The number of aryl methyl sites for hydroxylation is 2. The fourth-order valence-corrected chi connectivity index (χ4v) is 4.47. The number of benzene rings is 3. The van der Waals surface area contributed by atoms with E-state index in [4.69, 9.17) is 11.6 Å². The van der Waals surface area contributed by atoms with Gasteiger partial charge in [0.1, 0.15) is 11.6 Å². The Kier molecular flexibility index (Phi) is 6.81. The van der Waals surface area contributed by atoms with E-state index in [9.17, 15) is 14.9 Å². The number of carbonyl (C=O) groups excluding carboxylic acids is 2. The third-order valence-electron chi connectivity index (χ3n) is 6.04. The molecule has 0 unspecified atom stereocenters. The number of para-hydroxylation sites is 2. The van der Waals surface area contributed by atoms with Crippen LogP contribution in [0.2, 0.25) is 5.02 Å². The van der Waals surface area contributed by atoms with Crippen molar-refractivity contribution in [2.24, 2.45) is 0 Å². The van der Waals surface area contributed by atoms with E-state index in [2.05, 4.69) is 5.32 Å². The molecule has 0 atom stereocenters. The third-order valence-corrected chi connectivity index (χ3v) is 6.40. The molecule has 3 aromatic carbocycles. The van der Waals surface area contributed by atoms with Gasteiger partial charge in [0.2, 0.25) is 0 Å². The van der Waals surface area contributed by atoms with E-state index < -0.39 is 11.8 Å². The smallest absolute Gasteiger partial charge is 0.267 e. The van der Waals surface area contributed by atoms with Crippen molar-refractivity contribution in [2.75, 3.05) is 10.2 Å². The van der Waals surface area contributed by atoms with Gasteiger partial charge in [-0.2, -0.15) is 5.26 Å². The summed E-state index contributed by atoms with van der Waals surface area (Å²) in [6, 6.07) is 22.4. The second-order valence-corrected chi connectivity index (χ2v) is 8.38. The van der Waals surface area contributed by atoms with Gasteiger partial charge in [-0.05, 0) is 41.7 Å². The highest BCUT2D eigenvalue weighted by Crippen LogP contribution is 2.40. The fraction of sp³-hybridized carbons (Fsp3) is 0.179. The number of fused-ring (bicyclic) bond motifs is 1. The van der Waals surface area contributed by atoms with Crippen LogP contribution < -0.4 is 10.2 Å². The number of carbonyl (C=O) groups is 2. The monoisotopic (exact) mass is 469 g/mol. The summed E-state index contributed by atoms with van der Waals surface area (Å²) in [5.74, 6) is -0.983. The van der Waals surface area contributed by atoms with Gasteiger partial charge in [-0.15, -0.1) is 0 Å². The standard InChI is InChI=1S/C28H24ClN3O2/c1-3-18-11-9-12-19(4-2)26(18)31-27(33)22(16-30)25-21-13-6-8-15-24(21)32(28(25)34)17-20-10-5-7-14-23(20)29/h5-15H,3-4,17H2,1-2H3,(H,31,33). The van der Waals surface area contributed by atoms with Crippen molar-refractivity contribution < 1.29 is 9.59 Å². The lowest BCUT2D eigenvalue weighted by Gasteiger charge is -2.18. The number of anilines is 2. The van der Waals surface area contributed by atoms with Crippen molar-refractivity contribution in [3.8, 4) is 6.07 Å². The van der Waals surface area contributed by atoms with Gasteiger partial charge in [-0.25, -0.2) is 0 Å². The molecule has 0 radical (unpaired) electrons. The number of nitrogens with one attached hydrogen (secondary N) is 1. The molecule has 4 rings (SSSR count). The molecule has 170 valence electrons. The van der Waals surface area contributed by atoms with E-state index in [0.717, 1.165) is 29.5 Å². The number of halogens is 1. The number of hydrogen-bond donors (Lipinski definition) is 1. The normalized spacial score (nSPS) is 13.9. The molecule has 0 bridgehead atoms. The number of rotatable bonds is 6. The summed E-state index contributed by atoms with van der Waals surface area (Å²) in [5.41, 5.74) is 4.55. The van der Waals surface area contributed by atoms with Gasteiger partial charge < -0.3 is 10.2 Å². The molecule has 0 spiro atoms. The summed E-state index contributed by atoms with van der Waals surface area (Å²) in [6.45, 7) is 4.26. The molecule has 0 saturated heterocycles. The molecule has 2 amide bonds. The Balaban J connectivity index is 1.77. The van der Waals surface area contributed by atoms with Crippen LogP contribution in [0.4, 0.5) is 11.4 Å². The van der Waals surface area contributed by atoms with Crippen LogP contribution in [0.3, 0.4) is 0 Å². The molecular weight excluding hydrogens is 446 g/mol. The number of nitriles is 1. The molecule has 34 heavy (non-hydrogen) atoms. The molecule has 1 heterocycles. The van der Waals surface area contributed by atoms with E-state index in [-0.39, 0.29) is 17.7 Å². The Hall–Kier alpha value is -3.88. The highest BCUT2D eigenvalue weighted by Gasteiger charge is 2.36. The Morgan fingerprint density at radius 1 is 0.941 bits per heavy atom. The maximum Gasteiger partial charge on any atom is 0.267 e. The van der Waals surface area contributed by atoms with E-state index in [1.807, 2.05) is 68.4 Å². The van der Waals surface area contributed by atoms with Crippen LogP contribution >= 0.6 is 11.6 Å². The Morgan fingerprint density at radius 2 is 1.56 bits per heavy atom. The van der Waals surface area contributed by atoms with Crippen LogP contribution in [0.5, 0.6) is 0 Å². The van der Waals surface area contributed by atoms with Crippen molar-refractivity contribution in [1.82, 2.24) is 0 Å². The van der Waals surface area contributed by atoms with Crippen molar-refractivity contribution in [1.29, 1.82) is 5.26 Å². The first-order valence-corrected chi connectivity index (χ1v) is 11.6. The molecule has 1 N–H and O–H groups in total. The summed E-state index contributed by atoms with van der Waals surface area (Å²) in [6.07, 6.45) is 1.46. The van der Waals surface area contributed by atoms with Crippen LogP contribution in [0.1, 0.15) is 36.1 Å². The number of nitrogens with zero attached hydrogens (tertiary/aromatic N) is 2. The van der Waals surface area contributed by atoms with Crippen LogP contribution in [-0.2, 0) is 29.0 Å². The number of amides is 2. The zero-order valence-electron chi connectivity index (χ0n) is 19.1. The zero-order valence-corrected chi connectivity index (χ0v) is 19.8. The van der Waals surface area contributed by atoms with Gasteiger partial charge >= 0.3 is 0 Å². The Bertz CT molecular complexity index is 1330.